The molecule has 1 aliphatic carbocycles. The third-order valence-corrected chi connectivity index (χ3v) is 3.60. The van der Waals surface area contributed by atoms with Gasteiger partial charge in [0, 0.05) is 12.6 Å². The largest absolute Gasteiger partial charge is 0.389 e. The van der Waals surface area contributed by atoms with Crippen LogP contribution in [0.5, 0.6) is 0 Å². The van der Waals surface area contributed by atoms with Gasteiger partial charge in [-0.05, 0) is 25.7 Å². The SMILES string of the molecule is CC(C)C(C)(O)CNC1CCCCC1. The van der Waals surface area contributed by atoms with Crippen LogP contribution >= 0.6 is 0 Å². The zero-order valence-corrected chi connectivity index (χ0v) is 9.84. The number of hydrogen-bond donors (Lipinski definition) is 2. The monoisotopic (exact) mass is 199 g/mol. The molecular weight excluding hydrogens is 174 g/mol. The Balaban J connectivity index is 2.24. The molecule has 0 bridgehead atoms. The first-order valence-electron chi connectivity index (χ1n) is 5.98. The summed E-state index contributed by atoms with van der Waals surface area (Å²) in [6.07, 6.45) is 6.66. The van der Waals surface area contributed by atoms with Gasteiger partial charge in [0.05, 0.1) is 5.60 Å². The summed E-state index contributed by atoms with van der Waals surface area (Å²) >= 11 is 0. The van der Waals surface area contributed by atoms with Crippen molar-refractivity contribution in [3.8, 4) is 0 Å². The predicted molar refractivity (Wildman–Crippen MR) is 60.3 cm³/mol. The van der Waals surface area contributed by atoms with E-state index in [9.17, 15) is 5.11 Å². The highest BCUT2D eigenvalue weighted by Crippen LogP contribution is 2.19. The molecule has 84 valence electrons. The molecule has 2 N–H and O–H groups in total. The highest BCUT2D eigenvalue weighted by atomic mass is 16.3. The molecule has 0 saturated heterocycles. The van der Waals surface area contributed by atoms with Crippen LogP contribution in [0.4, 0.5) is 0 Å². The Kier molecular flexibility index (Phi) is 4.39. The molecule has 0 radical (unpaired) electrons. The fourth-order valence-electron chi connectivity index (χ4n) is 1.86. The first-order chi connectivity index (χ1) is 6.52. The van der Waals surface area contributed by atoms with E-state index in [1.165, 1.54) is 32.1 Å². The molecule has 0 aromatic rings. The lowest BCUT2D eigenvalue weighted by atomic mass is 9.90. The van der Waals surface area contributed by atoms with Crippen LogP contribution in [0.1, 0.15) is 52.9 Å². The van der Waals surface area contributed by atoms with Crippen molar-refractivity contribution in [3.05, 3.63) is 0 Å². The number of nitrogens with one attached hydrogen (secondary N) is 1. The number of aliphatic hydroxyl groups is 1. The van der Waals surface area contributed by atoms with E-state index >= 15 is 0 Å². The highest BCUT2D eigenvalue weighted by molar-refractivity contribution is 4.82. The Hall–Kier alpha value is -0.0800. The molecule has 1 rings (SSSR count). The summed E-state index contributed by atoms with van der Waals surface area (Å²) in [5.41, 5.74) is -0.558. The minimum absolute atomic E-state index is 0.318. The van der Waals surface area contributed by atoms with Crippen LogP contribution < -0.4 is 5.32 Å². The molecule has 2 heteroatoms. The lowest BCUT2D eigenvalue weighted by Crippen LogP contribution is -2.46. The molecule has 1 atom stereocenters. The van der Waals surface area contributed by atoms with Gasteiger partial charge in [-0.3, -0.25) is 0 Å². The normalized spacial score (nSPS) is 23.8. The maximum Gasteiger partial charge on any atom is 0.0766 e. The van der Waals surface area contributed by atoms with Crippen molar-refractivity contribution >= 4 is 0 Å². The van der Waals surface area contributed by atoms with Crippen LogP contribution in [0.2, 0.25) is 0 Å². The zero-order valence-electron chi connectivity index (χ0n) is 9.84. The van der Waals surface area contributed by atoms with Crippen LogP contribution in [0.25, 0.3) is 0 Å². The first-order valence-corrected chi connectivity index (χ1v) is 5.98. The standard InChI is InChI=1S/C12H25NO/c1-10(2)12(3,14)9-13-11-7-5-4-6-8-11/h10-11,13-14H,4-9H2,1-3H3. The topological polar surface area (TPSA) is 32.3 Å². The van der Waals surface area contributed by atoms with Gasteiger partial charge in [0.25, 0.3) is 0 Å². The third-order valence-electron chi connectivity index (χ3n) is 3.60. The van der Waals surface area contributed by atoms with E-state index in [-0.39, 0.29) is 0 Å². The van der Waals surface area contributed by atoms with Gasteiger partial charge in [0.2, 0.25) is 0 Å². The number of hydrogen-bond acceptors (Lipinski definition) is 2. The van der Waals surface area contributed by atoms with Crippen molar-refractivity contribution in [2.24, 2.45) is 5.92 Å². The van der Waals surface area contributed by atoms with E-state index in [1.807, 2.05) is 6.92 Å². The summed E-state index contributed by atoms with van der Waals surface area (Å²) in [5, 5.41) is 13.6. The molecular formula is C12H25NO. The van der Waals surface area contributed by atoms with Gasteiger partial charge in [-0.25, -0.2) is 0 Å². The fourth-order valence-corrected chi connectivity index (χ4v) is 1.86. The van der Waals surface area contributed by atoms with Crippen molar-refractivity contribution in [2.45, 2.75) is 64.5 Å². The van der Waals surface area contributed by atoms with Crippen molar-refractivity contribution < 1.29 is 5.11 Å². The van der Waals surface area contributed by atoms with E-state index in [2.05, 4.69) is 19.2 Å². The molecule has 1 aliphatic rings. The second-order valence-electron chi connectivity index (χ2n) is 5.23. The summed E-state index contributed by atoms with van der Waals surface area (Å²) in [5.74, 6) is 0.318. The fraction of sp³-hybridized carbons (Fsp3) is 1.00. The molecule has 0 aromatic carbocycles. The molecule has 0 amide bonds. The molecule has 1 saturated carbocycles. The van der Waals surface area contributed by atoms with Crippen molar-refractivity contribution in [3.63, 3.8) is 0 Å². The Bertz CT molecular complexity index is 160. The second-order valence-corrected chi connectivity index (χ2v) is 5.23. The van der Waals surface area contributed by atoms with Crippen LogP contribution in [-0.2, 0) is 0 Å². The second kappa shape index (κ2) is 5.13. The minimum Gasteiger partial charge on any atom is -0.389 e. The van der Waals surface area contributed by atoms with Gasteiger partial charge in [0.15, 0.2) is 0 Å². The van der Waals surface area contributed by atoms with E-state index < -0.39 is 5.60 Å². The summed E-state index contributed by atoms with van der Waals surface area (Å²) in [6, 6.07) is 0.647. The first kappa shape index (κ1) is 12.0. The molecule has 14 heavy (non-hydrogen) atoms. The summed E-state index contributed by atoms with van der Waals surface area (Å²) in [4.78, 5) is 0. The molecule has 0 aliphatic heterocycles. The lowest BCUT2D eigenvalue weighted by Gasteiger charge is -2.31. The van der Waals surface area contributed by atoms with E-state index in [0.29, 0.717) is 12.0 Å². The van der Waals surface area contributed by atoms with E-state index in [0.717, 1.165) is 6.54 Å². The number of rotatable bonds is 4. The van der Waals surface area contributed by atoms with Gasteiger partial charge in [-0.2, -0.15) is 0 Å². The maximum atomic E-state index is 10.1. The quantitative estimate of drug-likeness (QED) is 0.728. The summed E-state index contributed by atoms with van der Waals surface area (Å²) < 4.78 is 0. The molecule has 2 nitrogen and oxygen atoms in total. The van der Waals surface area contributed by atoms with Gasteiger partial charge < -0.3 is 10.4 Å². The molecule has 0 aromatic heterocycles. The summed E-state index contributed by atoms with van der Waals surface area (Å²) in [6.45, 7) is 6.80. The average molecular weight is 199 g/mol. The molecule has 0 spiro atoms. The maximum absolute atomic E-state index is 10.1. The van der Waals surface area contributed by atoms with Crippen LogP contribution in [-0.4, -0.2) is 23.3 Å². The zero-order chi connectivity index (χ0) is 10.6. The molecule has 1 fully saturated rings. The summed E-state index contributed by atoms with van der Waals surface area (Å²) in [7, 11) is 0. The van der Waals surface area contributed by atoms with Crippen molar-refractivity contribution in [1.29, 1.82) is 0 Å². The van der Waals surface area contributed by atoms with Crippen LogP contribution in [0, 0.1) is 5.92 Å². The lowest BCUT2D eigenvalue weighted by molar-refractivity contribution is 0.0107. The molecule has 1 unspecified atom stereocenters. The van der Waals surface area contributed by atoms with Gasteiger partial charge in [-0.15, -0.1) is 0 Å². The van der Waals surface area contributed by atoms with Crippen LogP contribution in [0.3, 0.4) is 0 Å². The Morgan fingerprint density at radius 1 is 1.29 bits per heavy atom. The Labute approximate surface area is 88.1 Å². The van der Waals surface area contributed by atoms with Gasteiger partial charge in [-0.1, -0.05) is 33.1 Å². The van der Waals surface area contributed by atoms with E-state index in [1.54, 1.807) is 0 Å². The van der Waals surface area contributed by atoms with Gasteiger partial charge in [0.1, 0.15) is 0 Å². The average Bonchev–Trinajstić information content (AvgIpc) is 2.16. The Morgan fingerprint density at radius 3 is 2.36 bits per heavy atom. The third kappa shape index (κ3) is 3.58. The highest BCUT2D eigenvalue weighted by Gasteiger charge is 2.25. The van der Waals surface area contributed by atoms with Gasteiger partial charge >= 0.3 is 0 Å². The van der Waals surface area contributed by atoms with Crippen LogP contribution in [0.15, 0.2) is 0 Å². The smallest absolute Gasteiger partial charge is 0.0766 e. The molecule has 0 heterocycles. The predicted octanol–water partition coefficient (Wildman–Crippen LogP) is 2.32. The Morgan fingerprint density at radius 2 is 1.86 bits per heavy atom. The van der Waals surface area contributed by atoms with E-state index in [4.69, 9.17) is 0 Å². The van der Waals surface area contributed by atoms with Crippen molar-refractivity contribution in [1.82, 2.24) is 5.32 Å². The minimum atomic E-state index is -0.558. The van der Waals surface area contributed by atoms with Crippen molar-refractivity contribution in [2.75, 3.05) is 6.54 Å².